The predicted molar refractivity (Wildman–Crippen MR) is 184 cm³/mol. The van der Waals surface area contributed by atoms with Gasteiger partial charge in [-0.2, -0.15) is 0 Å². The van der Waals surface area contributed by atoms with Crippen molar-refractivity contribution >= 4 is 33.5 Å². The molecule has 0 unspecified atom stereocenters. The fourth-order valence-corrected chi connectivity index (χ4v) is 5.35. The second-order valence-electron chi connectivity index (χ2n) is 13.1. The van der Waals surface area contributed by atoms with E-state index in [1.165, 1.54) is 6.08 Å². The molecule has 1 aromatic rings. The van der Waals surface area contributed by atoms with Crippen LogP contribution in [0.3, 0.4) is 0 Å². The van der Waals surface area contributed by atoms with Crippen molar-refractivity contribution in [1.29, 1.82) is 0 Å². The standard InChI is InChI=1S/C34H57N5O6S/c1-10-39(11-2)18-17-35-31(40)26-12-14-27(15-13-26)32(41)37-30(22-25(7)8)34(43)38-29(21-24(5)6)33(42)36-28(20-23(3)4)16-19-46(9,44)45/h12-16,19,23-25,28-30H,10-11,17-18,20-22H2,1-9H3,(H,35,40)(H,36,42)(H,37,41)(H,38,43)/b19-16+/t28-,29+,30+/m1/s1. The number of nitrogens with zero attached hydrogens (tertiary/aromatic N) is 1. The summed E-state index contributed by atoms with van der Waals surface area (Å²) in [6.07, 6.45) is 3.76. The van der Waals surface area contributed by atoms with Gasteiger partial charge in [0.2, 0.25) is 11.8 Å². The summed E-state index contributed by atoms with van der Waals surface area (Å²) in [6.45, 7) is 18.9. The zero-order valence-electron chi connectivity index (χ0n) is 29.2. The number of nitrogens with one attached hydrogen (secondary N) is 4. The number of amides is 4. The van der Waals surface area contributed by atoms with Crippen LogP contribution in [0.15, 0.2) is 35.7 Å². The van der Waals surface area contributed by atoms with E-state index in [1.54, 1.807) is 24.3 Å². The summed E-state index contributed by atoms with van der Waals surface area (Å²) in [5.74, 6) is -1.30. The number of benzene rings is 1. The molecule has 1 aromatic carbocycles. The van der Waals surface area contributed by atoms with Crippen LogP contribution in [-0.4, -0.2) is 87.5 Å². The Hall–Kier alpha value is -3.25. The highest BCUT2D eigenvalue weighted by molar-refractivity contribution is 7.93. The molecule has 46 heavy (non-hydrogen) atoms. The van der Waals surface area contributed by atoms with Gasteiger partial charge in [-0.1, -0.05) is 61.5 Å². The van der Waals surface area contributed by atoms with Crippen LogP contribution in [0, 0.1) is 17.8 Å². The fourth-order valence-electron chi connectivity index (χ4n) is 4.88. The van der Waals surface area contributed by atoms with Gasteiger partial charge in [0, 0.05) is 41.9 Å². The minimum Gasteiger partial charge on any atom is -0.351 e. The van der Waals surface area contributed by atoms with E-state index >= 15 is 0 Å². The van der Waals surface area contributed by atoms with E-state index in [1.807, 2.05) is 41.5 Å². The first-order valence-corrected chi connectivity index (χ1v) is 18.3. The predicted octanol–water partition coefficient (Wildman–Crippen LogP) is 3.52. The molecule has 1 rings (SSSR count). The highest BCUT2D eigenvalue weighted by Crippen LogP contribution is 2.13. The molecular weight excluding hydrogens is 606 g/mol. The van der Waals surface area contributed by atoms with Crippen molar-refractivity contribution in [3.05, 3.63) is 46.9 Å². The van der Waals surface area contributed by atoms with Crippen LogP contribution in [0.5, 0.6) is 0 Å². The van der Waals surface area contributed by atoms with Crippen molar-refractivity contribution in [2.75, 3.05) is 32.4 Å². The van der Waals surface area contributed by atoms with Gasteiger partial charge in [0.05, 0.1) is 0 Å². The van der Waals surface area contributed by atoms with Crippen molar-refractivity contribution in [3.8, 4) is 0 Å². The molecule has 0 aromatic heterocycles. The number of sulfone groups is 1. The highest BCUT2D eigenvalue weighted by Gasteiger charge is 2.29. The van der Waals surface area contributed by atoms with Crippen molar-refractivity contribution in [3.63, 3.8) is 0 Å². The Labute approximate surface area is 276 Å². The zero-order valence-corrected chi connectivity index (χ0v) is 30.0. The number of rotatable bonds is 20. The van der Waals surface area contributed by atoms with Crippen LogP contribution < -0.4 is 21.3 Å². The quantitative estimate of drug-likeness (QED) is 0.167. The second-order valence-corrected chi connectivity index (χ2v) is 15.0. The molecule has 0 heterocycles. The first kappa shape index (κ1) is 40.8. The summed E-state index contributed by atoms with van der Waals surface area (Å²) in [5, 5.41) is 12.5. The maximum absolute atomic E-state index is 13.5. The Kier molecular flexibility index (Phi) is 17.8. The lowest BCUT2D eigenvalue weighted by Crippen LogP contribution is -2.55. The lowest BCUT2D eigenvalue weighted by molar-refractivity contribution is -0.130. The third-order valence-electron chi connectivity index (χ3n) is 7.30. The largest absolute Gasteiger partial charge is 0.351 e. The van der Waals surface area contributed by atoms with Crippen molar-refractivity contribution in [1.82, 2.24) is 26.2 Å². The number of carbonyl (C=O) groups excluding carboxylic acids is 4. The van der Waals surface area contributed by atoms with Crippen molar-refractivity contribution in [2.45, 2.75) is 92.8 Å². The molecule has 0 radical (unpaired) electrons. The van der Waals surface area contributed by atoms with Crippen molar-refractivity contribution < 1.29 is 27.6 Å². The summed E-state index contributed by atoms with van der Waals surface area (Å²) in [6, 6.07) is 3.92. The molecule has 12 heteroatoms. The molecule has 11 nitrogen and oxygen atoms in total. The smallest absolute Gasteiger partial charge is 0.251 e. The maximum Gasteiger partial charge on any atom is 0.251 e. The Bertz CT molecular complexity index is 1260. The summed E-state index contributed by atoms with van der Waals surface area (Å²) in [4.78, 5) is 54.9. The van der Waals surface area contributed by atoms with Gasteiger partial charge in [0.15, 0.2) is 9.84 Å². The van der Waals surface area contributed by atoms with Gasteiger partial charge in [-0.3, -0.25) is 19.2 Å². The van der Waals surface area contributed by atoms with Crippen molar-refractivity contribution in [2.24, 2.45) is 17.8 Å². The average Bonchev–Trinajstić information content (AvgIpc) is 2.96. The third kappa shape index (κ3) is 16.4. The summed E-state index contributed by atoms with van der Waals surface area (Å²) >= 11 is 0. The van der Waals surface area contributed by atoms with Crippen LogP contribution in [-0.2, 0) is 19.4 Å². The normalized spacial score (nSPS) is 14.0. The lowest BCUT2D eigenvalue weighted by atomic mass is 9.98. The minimum atomic E-state index is -3.39. The maximum atomic E-state index is 13.5. The Balaban J connectivity index is 3.04. The second kappa shape index (κ2) is 20.1. The van der Waals surface area contributed by atoms with E-state index < -0.39 is 45.7 Å². The highest BCUT2D eigenvalue weighted by atomic mass is 32.2. The number of carbonyl (C=O) groups is 4. The zero-order chi connectivity index (χ0) is 35.0. The van der Waals surface area contributed by atoms with Crippen LogP contribution in [0.25, 0.3) is 0 Å². The molecule has 0 bridgehead atoms. The Morgan fingerprint density at radius 2 is 1.17 bits per heavy atom. The van der Waals surface area contributed by atoms with Gasteiger partial charge >= 0.3 is 0 Å². The van der Waals surface area contributed by atoms with E-state index in [0.717, 1.165) is 31.3 Å². The molecule has 0 saturated carbocycles. The molecular formula is C34H57N5O6S. The molecule has 0 fully saturated rings. The van der Waals surface area contributed by atoms with E-state index in [2.05, 4.69) is 40.0 Å². The van der Waals surface area contributed by atoms with E-state index in [9.17, 15) is 27.6 Å². The van der Waals surface area contributed by atoms with Crippen LogP contribution in [0.2, 0.25) is 0 Å². The van der Waals surface area contributed by atoms with Gasteiger partial charge < -0.3 is 26.2 Å². The van der Waals surface area contributed by atoms with Crippen LogP contribution in [0.4, 0.5) is 0 Å². The van der Waals surface area contributed by atoms with Gasteiger partial charge in [-0.05, 0) is 74.4 Å². The molecule has 0 saturated heterocycles. The average molecular weight is 664 g/mol. The summed E-state index contributed by atoms with van der Waals surface area (Å²) < 4.78 is 23.4. The van der Waals surface area contributed by atoms with Gasteiger partial charge in [0.25, 0.3) is 11.8 Å². The van der Waals surface area contributed by atoms with E-state index in [0.29, 0.717) is 36.9 Å². The molecule has 0 spiro atoms. The van der Waals surface area contributed by atoms with Crippen LogP contribution >= 0.6 is 0 Å². The summed E-state index contributed by atoms with van der Waals surface area (Å²) in [5.41, 5.74) is 0.726. The third-order valence-corrected chi connectivity index (χ3v) is 7.95. The number of likely N-dealkylation sites (N-methyl/N-ethyl adjacent to an activating group) is 1. The molecule has 0 aliphatic rings. The van der Waals surface area contributed by atoms with E-state index in [-0.39, 0.29) is 23.7 Å². The summed E-state index contributed by atoms with van der Waals surface area (Å²) in [7, 11) is -3.39. The molecule has 3 atom stereocenters. The van der Waals surface area contributed by atoms with Gasteiger partial charge in [-0.15, -0.1) is 0 Å². The topological polar surface area (TPSA) is 154 Å². The fraction of sp³-hybridized carbons (Fsp3) is 0.647. The monoisotopic (exact) mass is 663 g/mol. The first-order valence-electron chi connectivity index (χ1n) is 16.4. The molecule has 0 aliphatic heterocycles. The number of hydrogen-bond donors (Lipinski definition) is 4. The SMILES string of the molecule is CCN(CC)CCNC(=O)c1ccc(C(=O)N[C@@H](CC(C)C)C(=O)N[C@@H](CC(C)C)C(=O)N[C@H](/C=C/S(C)(=O)=O)CC(C)C)cc1. The lowest BCUT2D eigenvalue weighted by Gasteiger charge is -2.27. The number of hydrogen-bond acceptors (Lipinski definition) is 7. The van der Waals surface area contributed by atoms with Gasteiger partial charge in [-0.25, -0.2) is 8.42 Å². The molecule has 0 aliphatic carbocycles. The van der Waals surface area contributed by atoms with Gasteiger partial charge in [0.1, 0.15) is 12.1 Å². The molecule has 260 valence electrons. The molecule has 4 N–H and O–H groups in total. The Morgan fingerprint density at radius 3 is 1.63 bits per heavy atom. The van der Waals surface area contributed by atoms with Crippen LogP contribution in [0.1, 0.15) is 95.4 Å². The first-order chi connectivity index (χ1) is 21.4. The van der Waals surface area contributed by atoms with E-state index in [4.69, 9.17) is 0 Å². The Morgan fingerprint density at radius 1 is 0.717 bits per heavy atom. The minimum absolute atomic E-state index is 0.0624. The molecule has 4 amide bonds.